The highest BCUT2D eigenvalue weighted by molar-refractivity contribution is 5.87. The maximum atomic E-state index is 12.0. The molecule has 0 aliphatic rings. The number of nitrogens with two attached hydrogens (primary N) is 1. The van der Waals surface area contributed by atoms with Crippen molar-refractivity contribution in [3.8, 4) is 0 Å². The molecule has 0 heterocycles. The molecule has 0 spiro atoms. The van der Waals surface area contributed by atoms with Crippen molar-refractivity contribution >= 4 is 11.9 Å². The minimum atomic E-state index is -0.637. The molecule has 0 aliphatic heterocycles. The molecule has 0 rings (SSSR count). The summed E-state index contributed by atoms with van der Waals surface area (Å²) in [5.74, 6) is -0.479. The fourth-order valence-electron chi connectivity index (χ4n) is 1.36. The van der Waals surface area contributed by atoms with E-state index in [2.05, 4.69) is 5.32 Å². The molecule has 0 bridgehead atoms. The van der Waals surface area contributed by atoms with Crippen molar-refractivity contribution in [1.29, 1.82) is 0 Å². The zero-order chi connectivity index (χ0) is 14.5. The Kier molecular flexibility index (Phi) is 6.32. The molecule has 0 aliphatic carbocycles. The van der Waals surface area contributed by atoms with Gasteiger partial charge in [0.2, 0.25) is 5.91 Å². The molecule has 0 aromatic carbocycles. The van der Waals surface area contributed by atoms with Crippen LogP contribution in [0.2, 0.25) is 0 Å². The summed E-state index contributed by atoms with van der Waals surface area (Å²) in [6.45, 7) is 10.9. The van der Waals surface area contributed by atoms with Crippen LogP contribution in [0.15, 0.2) is 0 Å². The SMILES string of the molecule is CC(C)C[C@H](NC(=O)[C@@H](C)N)C(=O)OC(C)(C)C. The largest absolute Gasteiger partial charge is 0.458 e. The maximum Gasteiger partial charge on any atom is 0.329 e. The second kappa shape index (κ2) is 6.73. The first-order chi connectivity index (χ1) is 8.03. The van der Waals surface area contributed by atoms with Crippen molar-refractivity contribution in [2.75, 3.05) is 0 Å². The normalized spacial score (nSPS) is 15.1. The Morgan fingerprint density at radius 3 is 2.06 bits per heavy atom. The van der Waals surface area contributed by atoms with Crippen LogP contribution in [0, 0.1) is 5.92 Å². The number of esters is 1. The molecule has 5 nitrogen and oxygen atoms in total. The van der Waals surface area contributed by atoms with Crippen molar-refractivity contribution in [2.45, 2.75) is 65.6 Å². The lowest BCUT2D eigenvalue weighted by atomic mass is 10.0. The van der Waals surface area contributed by atoms with Crippen LogP contribution in [-0.4, -0.2) is 29.6 Å². The van der Waals surface area contributed by atoms with Gasteiger partial charge in [-0.25, -0.2) is 4.79 Å². The number of carbonyl (C=O) groups excluding carboxylic acids is 2. The van der Waals surface area contributed by atoms with Crippen molar-refractivity contribution in [2.24, 2.45) is 11.7 Å². The average Bonchev–Trinajstić information content (AvgIpc) is 2.12. The van der Waals surface area contributed by atoms with Gasteiger partial charge in [-0.2, -0.15) is 0 Å². The Bertz CT molecular complexity index is 293. The Labute approximate surface area is 109 Å². The Hall–Kier alpha value is -1.10. The van der Waals surface area contributed by atoms with Crippen LogP contribution in [0.4, 0.5) is 0 Å². The molecular weight excluding hydrogens is 232 g/mol. The molecule has 0 unspecified atom stereocenters. The second-order valence-electron chi connectivity index (χ2n) is 6.01. The predicted molar refractivity (Wildman–Crippen MR) is 70.9 cm³/mol. The number of hydrogen-bond acceptors (Lipinski definition) is 4. The number of nitrogens with one attached hydrogen (secondary N) is 1. The van der Waals surface area contributed by atoms with Crippen LogP contribution < -0.4 is 11.1 Å². The summed E-state index contributed by atoms with van der Waals surface area (Å²) in [6.07, 6.45) is 0.535. The standard InChI is InChI=1S/C13H26N2O3/c1-8(2)7-10(15-11(16)9(3)14)12(17)18-13(4,5)6/h8-10H,7,14H2,1-6H3,(H,15,16)/t9-,10+/m1/s1. The summed E-state index contributed by atoms with van der Waals surface area (Å²) >= 11 is 0. The molecule has 0 aromatic rings. The lowest BCUT2D eigenvalue weighted by molar-refractivity contribution is -0.159. The quantitative estimate of drug-likeness (QED) is 0.726. The number of amides is 1. The van der Waals surface area contributed by atoms with Gasteiger partial charge in [0.15, 0.2) is 0 Å². The van der Waals surface area contributed by atoms with Gasteiger partial charge in [0.1, 0.15) is 11.6 Å². The van der Waals surface area contributed by atoms with Gasteiger partial charge in [0.25, 0.3) is 0 Å². The molecule has 3 N–H and O–H groups in total. The minimum Gasteiger partial charge on any atom is -0.458 e. The molecule has 0 aromatic heterocycles. The maximum absolute atomic E-state index is 12.0. The highest BCUT2D eigenvalue weighted by Crippen LogP contribution is 2.12. The Morgan fingerprint density at radius 2 is 1.72 bits per heavy atom. The molecule has 0 saturated carbocycles. The van der Waals surface area contributed by atoms with Gasteiger partial charge in [-0.1, -0.05) is 13.8 Å². The van der Waals surface area contributed by atoms with Gasteiger partial charge in [0, 0.05) is 0 Å². The van der Waals surface area contributed by atoms with E-state index in [1.165, 1.54) is 0 Å². The zero-order valence-electron chi connectivity index (χ0n) is 12.2. The molecule has 0 fully saturated rings. The van der Waals surface area contributed by atoms with E-state index in [4.69, 9.17) is 10.5 Å². The molecule has 106 valence electrons. The van der Waals surface area contributed by atoms with Crippen molar-refractivity contribution < 1.29 is 14.3 Å². The third kappa shape index (κ3) is 7.27. The lowest BCUT2D eigenvalue weighted by Gasteiger charge is -2.26. The molecule has 1 amide bonds. The van der Waals surface area contributed by atoms with Crippen molar-refractivity contribution in [3.63, 3.8) is 0 Å². The van der Waals surface area contributed by atoms with E-state index >= 15 is 0 Å². The fourth-order valence-corrected chi connectivity index (χ4v) is 1.36. The van der Waals surface area contributed by atoms with Crippen molar-refractivity contribution in [3.05, 3.63) is 0 Å². The lowest BCUT2D eigenvalue weighted by Crippen LogP contribution is -2.49. The summed E-state index contributed by atoms with van der Waals surface area (Å²) in [5, 5.41) is 2.63. The number of rotatable bonds is 5. The summed E-state index contributed by atoms with van der Waals surface area (Å²) in [5.41, 5.74) is 4.91. The second-order valence-corrected chi connectivity index (χ2v) is 6.01. The number of ether oxygens (including phenoxy) is 1. The molecule has 0 radical (unpaired) electrons. The highest BCUT2D eigenvalue weighted by Gasteiger charge is 2.27. The summed E-state index contributed by atoms with van der Waals surface area (Å²) in [7, 11) is 0. The van der Waals surface area contributed by atoms with Gasteiger partial charge >= 0.3 is 5.97 Å². The van der Waals surface area contributed by atoms with Crippen LogP contribution in [0.25, 0.3) is 0 Å². The average molecular weight is 258 g/mol. The smallest absolute Gasteiger partial charge is 0.329 e. The fraction of sp³-hybridized carbons (Fsp3) is 0.846. The topological polar surface area (TPSA) is 81.4 Å². The van der Waals surface area contributed by atoms with E-state index in [0.717, 1.165) is 0 Å². The third-order valence-corrected chi connectivity index (χ3v) is 2.13. The van der Waals surface area contributed by atoms with E-state index in [9.17, 15) is 9.59 Å². The van der Waals surface area contributed by atoms with Crippen LogP contribution in [-0.2, 0) is 14.3 Å². The molecule has 2 atom stereocenters. The molecule has 18 heavy (non-hydrogen) atoms. The van der Waals surface area contributed by atoms with Crippen LogP contribution in [0.3, 0.4) is 0 Å². The van der Waals surface area contributed by atoms with E-state index in [1.807, 2.05) is 13.8 Å². The van der Waals surface area contributed by atoms with Gasteiger partial charge in [-0.15, -0.1) is 0 Å². The highest BCUT2D eigenvalue weighted by atomic mass is 16.6. The number of carbonyl (C=O) groups is 2. The van der Waals surface area contributed by atoms with Gasteiger partial charge in [-0.05, 0) is 40.0 Å². The summed E-state index contributed by atoms with van der Waals surface area (Å²) < 4.78 is 5.29. The van der Waals surface area contributed by atoms with Crippen molar-refractivity contribution in [1.82, 2.24) is 5.32 Å². The molecular formula is C13H26N2O3. The summed E-state index contributed by atoms with van der Waals surface area (Å²) in [4.78, 5) is 23.5. The Balaban J connectivity index is 4.67. The first-order valence-electron chi connectivity index (χ1n) is 6.31. The molecule has 0 saturated heterocycles. The first kappa shape index (κ1) is 16.9. The Morgan fingerprint density at radius 1 is 1.22 bits per heavy atom. The predicted octanol–water partition coefficient (Wildman–Crippen LogP) is 1.21. The van der Waals surface area contributed by atoms with E-state index in [0.29, 0.717) is 6.42 Å². The number of hydrogen-bond donors (Lipinski definition) is 2. The molecule has 5 heteroatoms. The monoisotopic (exact) mass is 258 g/mol. The zero-order valence-corrected chi connectivity index (χ0v) is 12.2. The third-order valence-electron chi connectivity index (χ3n) is 2.13. The van der Waals surface area contributed by atoms with Crippen LogP contribution in [0.5, 0.6) is 0 Å². The van der Waals surface area contributed by atoms with E-state index < -0.39 is 23.7 Å². The van der Waals surface area contributed by atoms with E-state index in [1.54, 1.807) is 27.7 Å². The van der Waals surface area contributed by atoms with Crippen LogP contribution >= 0.6 is 0 Å². The van der Waals surface area contributed by atoms with Crippen LogP contribution in [0.1, 0.15) is 48.0 Å². The van der Waals surface area contributed by atoms with Gasteiger partial charge in [0.05, 0.1) is 6.04 Å². The van der Waals surface area contributed by atoms with E-state index in [-0.39, 0.29) is 11.8 Å². The van der Waals surface area contributed by atoms with Gasteiger partial charge < -0.3 is 15.8 Å². The summed E-state index contributed by atoms with van der Waals surface area (Å²) in [6, 6.07) is -1.27. The van der Waals surface area contributed by atoms with Gasteiger partial charge in [-0.3, -0.25) is 4.79 Å². The first-order valence-corrected chi connectivity index (χ1v) is 6.31. The minimum absolute atomic E-state index is 0.274.